The summed E-state index contributed by atoms with van der Waals surface area (Å²) in [4.78, 5) is 13.2. The average Bonchev–Trinajstić information content (AvgIpc) is 2.84. The molecule has 0 aliphatic heterocycles. The molecule has 1 amide bonds. The fraction of sp³-hybridized carbons (Fsp3) is 0.300. The van der Waals surface area contributed by atoms with Crippen LogP contribution in [0.3, 0.4) is 0 Å². The van der Waals surface area contributed by atoms with Crippen LogP contribution in [-0.2, 0) is 17.6 Å². The van der Waals surface area contributed by atoms with Crippen LogP contribution >= 0.6 is 0 Å². The zero-order valence-corrected chi connectivity index (χ0v) is 19.8. The predicted octanol–water partition coefficient (Wildman–Crippen LogP) is 7.47. The number of unbranched alkanes of at least 4 members (excludes halogenated alkanes) is 2. The van der Waals surface area contributed by atoms with Crippen LogP contribution in [0.2, 0.25) is 0 Å². The van der Waals surface area contributed by atoms with E-state index in [9.17, 15) is 9.18 Å². The molecule has 0 N–H and O–H groups in total. The molecule has 0 bridgehead atoms. The summed E-state index contributed by atoms with van der Waals surface area (Å²) in [6.07, 6.45) is 7.57. The lowest BCUT2D eigenvalue weighted by Crippen LogP contribution is -2.25. The molecular formula is C30H34FNO. The van der Waals surface area contributed by atoms with E-state index in [2.05, 4.69) is 49.9 Å². The number of hydrogen-bond donors (Lipinski definition) is 0. The normalized spacial score (nSPS) is 10.8. The summed E-state index contributed by atoms with van der Waals surface area (Å²) in [6.45, 7) is 6.41. The number of rotatable bonds is 11. The van der Waals surface area contributed by atoms with Crippen LogP contribution in [0.15, 0.2) is 79.4 Å². The van der Waals surface area contributed by atoms with Crippen molar-refractivity contribution in [2.24, 2.45) is 0 Å². The first-order valence-electron chi connectivity index (χ1n) is 11.9. The van der Waals surface area contributed by atoms with Gasteiger partial charge in [-0.1, -0.05) is 87.0 Å². The Labute approximate surface area is 197 Å². The molecule has 0 spiro atoms. The van der Waals surface area contributed by atoms with Crippen LogP contribution in [0.25, 0.3) is 22.3 Å². The third-order valence-electron chi connectivity index (χ3n) is 6.10. The number of halogens is 1. The smallest absolute Gasteiger partial charge is 0.245 e. The Hall–Kier alpha value is -3.20. The molecule has 3 rings (SSSR count). The number of hydrogen-bond acceptors (Lipinski definition) is 1. The van der Waals surface area contributed by atoms with Gasteiger partial charge in [0.05, 0.1) is 0 Å². The van der Waals surface area contributed by atoms with Crippen molar-refractivity contribution in [2.45, 2.75) is 45.4 Å². The van der Waals surface area contributed by atoms with Gasteiger partial charge in [-0.2, -0.15) is 0 Å². The number of aryl methyl sites for hydroxylation is 2. The van der Waals surface area contributed by atoms with Crippen LogP contribution in [0.5, 0.6) is 0 Å². The summed E-state index contributed by atoms with van der Waals surface area (Å²) in [7, 11) is 1.80. The van der Waals surface area contributed by atoms with Crippen molar-refractivity contribution in [3.05, 3.63) is 96.3 Å². The number of amides is 1. The molecule has 3 aromatic rings. The van der Waals surface area contributed by atoms with Gasteiger partial charge in [-0.05, 0) is 65.6 Å². The standard InChI is InChI=1S/C30H34FNO/c1-4-6-7-9-24-13-20-28(29(31)22-24)27-18-16-26(17-19-27)25-14-11-23(12-15-25)10-8-21-32(3)30(33)5-2/h5,11-20,22H,2,4,6-10,21H2,1,3H3. The molecule has 3 aromatic carbocycles. The SMILES string of the molecule is C=CC(=O)N(C)CCCc1ccc(-c2ccc(-c3ccc(CCCCC)cc3F)cc2)cc1. The first-order valence-corrected chi connectivity index (χ1v) is 11.9. The maximum absolute atomic E-state index is 14.7. The van der Waals surface area contributed by atoms with Gasteiger partial charge in [-0.3, -0.25) is 4.79 Å². The maximum atomic E-state index is 14.7. The number of benzene rings is 3. The molecule has 0 saturated carbocycles. The molecule has 0 atom stereocenters. The molecule has 0 saturated heterocycles. The lowest BCUT2D eigenvalue weighted by Gasteiger charge is -2.14. The van der Waals surface area contributed by atoms with E-state index < -0.39 is 0 Å². The minimum absolute atomic E-state index is 0.0448. The lowest BCUT2D eigenvalue weighted by atomic mass is 9.97. The first kappa shape index (κ1) is 24.4. The first-order chi connectivity index (χ1) is 16.0. The fourth-order valence-electron chi connectivity index (χ4n) is 4.02. The third kappa shape index (κ3) is 6.89. The topological polar surface area (TPSA) is 20.3 Å². The minimum atomic E-state index is -0.151. The van der Waals surface area contributed by atoms with Gasteiger partial charge in [0, 0.05) is 19.2 Å². The van der Waals surface area contributed by atoms with E-state index in [1.54, 1.807) is 18.0 Å². The van der Waals surface area contributed by atoms with E-state index >= 15 is 0 Å². The summed E-state index contributed by atoms with van der Waals surface area (Å²) in [5, 5.41) is 0. The summed E-state index contributed by atoms with van der Waals surface area (Å²) in [6, 6.07) is 22.2. The second kappa shape index (κ2) is 12.2. The Bertz CT molecular complexity index is 1050. The Morgan fingerprint density at radius 2 is 1.42 bits per heavy atom. The van der Waals surface area contributed by atoms with Crippen molar-refractivity contribution in [3.63, 3.8) is 0 Å². The van der Waals surface area contributed by atoms with Gasteiger partial charge >= 0.3 is 0 Å². The third-order valence-corrected chi connectivity index (χ3v) is 6.10. The highest BCUT2D eigenvalue weighted by atomic mass is 19.1. The second-order valence-electron chi connectivity index (χ2n) is 8.61. The van der Waals surface area contributed by atoms with Gasteiger partial charge < -0.3 is 4.90 Å². The van der Waals surface area contributed by atoms with E-state index in [1.807, 2.05) is 24.3 Å². The molecule has 0 aliphatic rings. The Morgan fingerprint density at radius 3 is 2.03 bits per heavy atom. The minimum Gasteiger partial charge on any atom is -0.342 e. The van der Waals surface area contributed by atoms with E-state index in [-0.39, 0.29) is 11.7 Å². The quantitative estimate of drug-likeness (QED) is 0.222. The molecule has 33 heavy (non-hydrogen) atoms. The van der Waals surface area contributed by atoms with E-state index in [0.717, 1.165) is 47.9 Å². The highest BCUT2D eigenvalue weighted by molar-refractivity contribution is 5.86. The molecule has 3 heteroatoms. The molecule has 172 valence electrons. The summed E-state index contributed by atoms with van der Waals surface area (Å²) < 4.78 is 14.7. The predicted molar refractivity (Wildman–Crippen MR) is 137 cm³/mol. The lowest BCUT2D eigenvalue weighted by molar-refractivity contribution is -0.124. The Kier molecular flexibility index (Phi) is 9.00. The molecule has 0 radical (unpaired) electrons. The van der Waals surface area contributed by atoms with Crippen LogP contribution in [0.1, 0.15) is 43.7 Å². The monoisotopic (exact) mass is 443 g/mol. The van der Waals surface area contributed by atoms with Crippen molar-refractivity contribution in [2.75, 3.05) is 13.6 Å². The average molecular weight is 444 g/mol. The highest BCUT2D eigenvalue weighted by Gasteiger charge is 2.08. The van der Waals surface area contributed by atoms with Gasteiger partial charge in [0.15, 0.2) is 0 Å². The fourth-order valence-corrected chi connectivity index (χ4v) is 4.02. The van der Waals surface area contributed by atoms with Crippen molar-refractivity contribution in [3.8, 4) is 22.3 Å². The Morgan fingerprint density at radius 1 is 0.848 bits per heavy atom. The van der Waals surface area contributed by atoms with Crippen molar-refractivity contribution in [1.82, 2.24) is 4.90 Å². The molecule has 0 aliphatic carbocycles. The van der Waals surface area contributed by atoms with Gasteiger partial charge in [0.1, 0.15) is 5.82 Å². The molecule has 0 heterocycles. The van der Waals surface area contributed by atoms with E-state index in [4.69, 9.17) is 0 Å². The second-order valence-corrected chi connectivity index (χ2v) is 8.61. The zero-order chi connectivity index (χ0) is 23.6. The maximum Gasteiger partial charge on any atom is 0.245 e. The van der Waals surface area contributed by atoms with E-state index in [0.29, 0.717) is 12.1 Å². The van der Waals surface area contributed by atoms with Gasteiger partial charge in [-0.15, -0.1) is 0 Å². The van der Waals surface area contributed by atoms with Gasteiger partial charge in [0.2, 0.25) is 5.91 Å². The van der Waals surface area contributed by atoms with Crippen molar-refractivity contribution < 1.29 is 9.18 Å². The van der Waals surface area contributed by atoms with Crippen molar-refractivity contribution >= 4 is 5.91 Å². The number of carbonyl (C=O) groups excluding carboxylic acids is 1. The molecular weight excluding hydrogens is 409 g/mol. The Balaban J connectivity index is 1.61. The van der Waals surface area contributed by atoms with Crippen LogP contribution in [-0.4, -0.2) is 24.4 Å². The largest absolute Gasteiger partial charge is 0.342 e. The van der Waals surface area contributed by atoms with Gasteiger partial charge in [0.25, 0.3) is 0 Å². The van der Waals surface area contributed by atoms with Gasteiger partial charge in [-0.25, -0.2) is 4.39 Å². The number of nitrogens with zero attached hydrogens (tertiary/aromatic N) is 1. The van der Waals surface area contributed by atoms with Crippen molar-refractivity contribution in [1.29, 1.82) is 0 Å². The van der Waals surface area contributed by atoms with Crippen LogP contribution < -0.4 is 0 Å². The molecule has 0 unspecified atom stereocenters. The highest BCUT2D eigenvalue weighted by Crippen LogP contribution is 2.28. The summed E-state index contributed by atoms with van der Waals surface area (Å²) in [5.41, 5.74) is 6.10. The van der Waals surface area contributed by atoms with E-state index in [1.165, 1.54) is 24.5 Å². The molecule has 0 aromatic heterocycles. The summed E-state index contributed by atoms with van der Waals surface area (Å²) >= 11 is 0. The zero-order valence-electron chi connectivity index (χ0n) is 19.8. The van der Waals surface area contributed by atoms with Crippen LogP contribution in [0, 0.1) is 5.82 Å². The molecule has 2 nitrogen and oxygen atoms in total. The summed E-state index contributed by atoms with van der Waals surface area (Å²) in [5.74, 6) is -0.196. The number of carbonyl (C=O) groups is 1. The number of likely N-dealkylation sites (N-methyl/N-ethyl adjacent to an activating group) is 1. The molecule has 0 fully saturated rings. The van der Waals surface area contributed by atoms with Crippen LogP contribution in [0.4, 0.5) is 4.39 Å².